The van der Waals surface area contributed by atoms with Gasteiger partial charge in [0, 0.05) is 24.0 Å². The monoisotopic (exact) mass is 388 g/mol. The van der Waals surface area contributed by atoms with Crippen molar-refractivity contribution in [3.63, 3.8) is 0 Å². The maximum atomic E-state index is 4.67. The first-order chi connectivity index (χ1) is 14.0. The van der Waals surface area contributed by atoms with Gasteiger partial charge in [-0.3, -0.25) is 25.5 Å². The van der Waals surface area contributed by atoms with Gasteiger partial charge in [-0.05, 0) is 18.2 Å². The molecule has 29 heavy (non-hydrogen) atoms. The second-order valence-electron chi connectivity index (χ2n) is 7.81. The maximum absolute atomic E-state index is 4.67. The molecule has 0 aromatic carbocycles. The summed E-state index contributed by atoms with van der Waals surface area (Å²) >= 11 is 0. The van der Waals surface area contributed by atoms with Gasteiger partial charge < -0.3 is 0 Å². The van der Waals surface area contributed by atoms with Crippen molar-refractivity contribution in [3.8, 4) is 45.3 Å². The number of hydrogen-bond donors (Lipinski definition) is 5. The molecule has 0 aliphatic carbocycles. The maximum Gasteiger partial charge on any atom is 0.120 e. The summed E-state index contributed by atoms with van der Waals surface area (Å²) in [6.45, 7) is 6.43. The lowest BCUT2D eigenvalue weighted by Gasteiger charge is -2.18. The van der Waals surface area contributed by atoms with Crippen molar-refractivity contribution in [2.45, 2.75) is 26.2 Å². The number of aromatic nitrogens is 10. The zero-order valence-electron chi connectivity index (χ0n) is 16.2. The first-order valence-electron chi connectivity index (χ1n) is 9.21. The van der Waals surface area contributed by atoms with Crippen LogP contribution < -0.4 is 0 Å². The summed E-state index contributed by atoms with van der Waals surface area (Å²) in [6.07, 6.45) is 5.14. The summed E-state index contributed by atoms with van der Waals surface area (Å²) < 4.78 is 0. The Balaban J connectivity index is 1.79. The van der Waals surface area contributed by atoms with Crippen molar-refractivity contribution < 1.29 is 0 Å². The van der Waals surface area contributed by atoms with Crippen LogP contribution in [-0.2, 0) is 5.41 Å². The number of rotatable bonds is 4. The van der Waals surface area contributed by atoms with E-state index in [1.165, 1.54) is 0 Å². The summed E-state index contributed by atoms with van der Waals surface area (Å²) in [6, 6.07) is 5.72. The molecule has 0 spiro atoms. The quantitative estimate of drug-likeness (QED) is 0.321. The molecule has 5 aromatic heterocycles. The molecular formula is C19H20N10. The molecule has 0 aliphatic rings. The van der Waals surface area contributed by atoms with Crippen LogP contribution in [0.5, 0.6) is 0 Å². The largest absolute Gasteiger partial charge is 0.281 e. The number of H-pyrrole nitrogens is 5. The second-order valence-corrected chi connectivity index (χ2v) is 7.81. The van der Waals surface area contributed by atoms with Gasteiger partial charge >= 0.3 is 0 Å². The molecule has 5 aromatic rings. The molecule has 0 bridgehead atoms. The van der Waals surface area contributed by atoms with Crippen LogP contribution in [0.15, 0.2) is 36.8 Å². The lowest BCUT2D eigenvalue weighted by molar-refractivity contribution is 0.568. The zero-order valence-corrected chi connectivity index (χ0v) is 16.2. The third-order valence-electron chi connectivity index (χ3n) is 4.82. The van der Waals surface area contributed by atoms with E-state index in [0.29, 0.717) is 0 Å². The zero-order chi connectivity index (χ0) is 20.0. The first-order valence-corrected chi connectivity index (χ1v) is 9.21. The Hall–Kier alpha value is -3.95. The van der Waals surface area contributed by atoms with E-state index in [1.807, 2.05) is 18.2 Å². The summed E-state index contributed by atoms with van der Waals surface area (Å²) in [7, 11) is 0. The molecule has 0 saturated heterocycles. The molecule has 5 rings (SSSR count). The highest BCUT2D eigenvalue weighted by atomic mass is 15.2. The van der Waals surface area contributed by atoms with Crippen molar-refractivity contribution >= 4 is 0 Å². The number of nitrogens with one attached hydrogen (secondary N) is 5. The predicted molar refractivity (Wildman–Crippen MR) is 108 cm³/mol. The number of hydrogen-bond acceptors (Lipinski definition) is 5. The molecule has 10 nitrogen and oxygen atoms in total. The van der Waals surface area contributed by atoms with E-state index in [9.17, 15) is 0 Å². The van der Waals surface area contributed by atoms with E-state index in [-0.39, 0.29) is 5.41 Å². The molecule has 10 heteroatoms. The van der Waals surface area contributed by atoms with Gasteiger partial charge in [-0.15, -0.1) is 0 Å². The molecule has 146 valence electrons. The van der Waals surface area contributed by atoms with Gasteiger partial charge in [-0.1, -0.05) is 20.8 Å². The van der Waals surface area contributed by atoms with Crippen LogP contribution in [0, 0.1) is 0 Å². The molecule has 0 fully saturated rings. The summed E-state index contributed by atoms with van der Waals surface area (Å²) in [5.74, 6) is 0. The van der Waals surface area contributed by atoms with Crippen molar-refractivity contribution in [3.05, 3.63) is 42.5 Å². The van der Waals surface area contributed by atoms with Gasteiger partial charge in [0.25, 0.3) is 0 Å². The lowest BCUT2D eigenvalue weighted by Crippen LogP contribution is -2.13. The van der Waals surface area contributed by atoms with E-state index in [2.05, 4.69) is 71.8 Å². The topological polar surface area (TPSA) is 143 Å². The van der Waals surface area contributed by atoms with Gasteiger partial charge in [0.15, 0.2) is 0 Å². The molecule has 0 unspecified atom stereocenters. The first kappa shape index (κ1) is 17.2. The molecule has 0 saturated carbocycles. The van der Waals surface area contributed by atoms with Gasteiger partial charge in [-0.2, -0.15) is 25.5 Å². The van der Waals surface area contributed by atoms with E-state index in [4.69, 9.17) is 0 Å². The Kier molecular flexibility index (Phi) is 3.73. The second kappa shape index (κ2) is 6.30. The van der Waals surface area contributed by atoms with Gasteiger partial charge in [0.1, 0.15) is 11.4 Å². The minimum atomic E-state index is -0.147. The average molecular weight is 388 g/mol. The van der Waals surface area contributed by atoms with E-state index < -0.39 is 0 Å². The van der Waals surface area contributed by atoms with Crippen LogP contribution >= 0.6 is 0 Å². The summed E-state index contributed by atoms with van der Waals surface area (Å²) in [5, 5.41) is 37.0. The van der Waals surface area contributed by atoms with Crippen LogP contribution in [0.1, 0.15) is 26.5 Å². The van der Waals surface area contributed by atoms with Gasteiger partial charge in [0.05, 0.1) is 39.6 Å². The molecule has 0 amide bonds. The van der Waals surface area contributed by atoms with Gasteiger partial charge in [-0.25, -0.2) is 0 Å². The predicted octanol–water partition coefficient (Wildman–Crippen LogP) is 3.27. The molecule has 0 radical (unpaired) electrons. The fourth-order valence-electron chi connectivity index (χ4n) is 3.48. The van der Waals surface area contributed by atoms with Crippen LogP contribution in [0.4, 0.5) is 0 Å². The summed E-state index contributed by atoms with van der Waals surface area (Å²) in [4.78, 5) is 0. The Morgan fingerprint density at radius 3 is 1.72 bits per heavy atom. The SMILES string of the molecule is CC(C)(C)c1[nH]nc(-c2[nH]nc(-c3ccn[nH]3)c2-c2ccn[nH]2)c1-c1ccn[nH]1. The van der Waals surface area contributed by atoms with Crippen LogP contribution in [0.25, 0.3) is 45.3 Å². The van der Waals surface area contributed by atoms with Crippen molar-refractivity contribution in [2.24, 2.45) is 0 Å². The van der Waals surface area contributed by atoms with E-state index in [1.54, 1.807) is 18.6 Å². The molecule has 5 heterocycles. The molecule has 0 atom stereocenters. The Morgan fingerprint density at radius 1 is 0.621 bits per heavy atom. The minimum Gasteiger partial charge on any atom is -0.281 e. The summed E-state index contributed by atoms with van der Waals surface area (Å²) in [5.41, 5.74) is 7.44. The highest BCUT2D eigenvalue weighted by molar-refractivity contribution is 5.93. The third kappa shape index (κ3) is 2.76. The van der Waals surface area contributed by atoms with Crippen molar-refractivity contribution in [1.82, 2.24) is 51.0 Å². The molecule has 5 N–H and O–H groups in total. The standard InChI is InChI=1S/C19H20N10/c1-19(2,3)18-14(11-5-8-21-24-11)17(28-29-18)16-13(10-4-7-20-23-10)15(26-27-16)12-6-9-22-25-12/h4-9H,1-3H3,(H,20,23)(H,21,24)(H,22,25)(H,26,27)(H,28,29). The third-order valence-corrected chi connectivity index (χ3v) is 4.82. The van der Waals surface area contributed by atoms with Crippen molar-refractivity contribution in [2.75, 3.05) is 0 Å². The highest BCUT2D eigenvalue weighted by Gasteiger charge is 2.30. The van der Waals surface area contributed by atoms with E-state index in [0.717, 1.165) is 51.0 Å². The molecule has 0 aliphatic heterocycles. The fraction of sp³-hybridized carbons (Fsp3) is 0.211. The van der Waals surface area contributed by atoms with Crippen molar-refractivity contribution in [1.29, 1.82) is 0 Å². The smallest absolute Gasteiger partial charge is 0.120 e. The van der Waals surface area contributed by atoms with Gasteiger partial charge in [0.2, 0.25) is 0 Å². The highest BCUT2D eigenvalue weighted by Crippen LogP contribution is 2.42. The molecular weight excluding hydrogens is 368 g/mol. The Labute approximate surface area is 165 Å². The van der Waals surface area contributed by atoms with E-state index >= 15 is 0 Å². The average Bonchev–Trinajstić information content (AvgIpc) is 3.52. The Morgan fingerprint density at radius 2 is 1.17 bits per heavy atom. The number of aromatic amines is 5. The normalized spacial score (nSPS) is 12.0. The minimum absolute atomic E-state index is 0.147. The fourth-order valence-corrected chi connectivity index (χ4v) is 3.48. The Bertz CT molecular complexity index is 1220. The lowest BCUT2D eigenvalue weighted by atomic mass is 9.87. The number of nitrogens with zero attached hydrogens (tertiary/aromatic N) is 5. The van der Waals surface area contributed by atoms with Crippen LogP contribution in [-0.4, -0.2) is 51.0 Å². The van der Waals surface area contributed by atoms with Crippen LogP contribution in [0.3, 0.4) is 0 Å². The van der Waals surface area contributed by atoms with Crippen LogP contribution in [0.2, 0.25) is 0 Å².